The van der Waals surface area contributed by atoms with Gasteiger partial charge in [-0.1, -0.05) is 0 Å². The third kappa shape index (κ3) is 3.75. The van der Waals surface area contributed by atoms with Crippen LogP contribution in [-0.2, 0) is 4.79 Å². The van der Waals surface area contributed by atoms with Crippen LogP contribution in [0.4, 0.5) is 22.8 Å². The van der Waals surface area contributed by atoms with Gasteiger partial charge >= 0.3 is 0 Å². The Bertz CT molecular complexity index is 993. The van der Waals surface area contributed by atoms with Crippen LogP contribution in [0.1, 0.15) is 25.7 Å². The molecule has 3 aromatic rings. The summed E-state index contributed by atoms with van der Waals surface area (Å²) in [5.74, 6) is 1.54. The first-order valence-corrected chi connectivity index (χ1v) is 10.6. The average molecular weight is 432 g/mol. The van der Waals surface area contributed by atoms with Crippen LogP contribution < -0.4 is 15.1 Å². The molecule has 1 aliphatic heterocycles. The fourth-order valence-corrected chi connectivity index (χ4v) is 4.18. The van der Waals surface area contributed by atoms with Gasteiger partial charge in [0, 0.05) is 30.2 Å². The van der Waals surface area contributed by atoms with Gasteiger partial charge in [0.1, 0.15) is 11.9 Å². The number of aromatic amines is 1. The minimum Gasteiger partial charge on any atom is -0.329 e. The molecule has 0 spiro atoms. The fourth-order valence-electron chi connectivity index (χ4n) is 3.50. The minimum atomic E-state index is -0.383. The van der Waals surface area contributed by atoms with Crippen molar-refractivity contribution >= 4 is 51.7 Å². The summed E-state index contributed by atoms with van der Waals surface area (Å²) in [4.78, 5) is 34.1. The van der Waals surface area contributed by atoms with Gasteiger partial charge in [0.25, 0.3) is 0 Å². The van der Waals surface area contributed by atoms with Gasteiger partial charge in [0.05, 0.1) is 6.20 Å². The zero-order chi connectivity index (χ0) is 19.8. The molecule has 10 nitrogen and oxygen atoms in total. The van der Waals surface area contributed by atoms with E-state index in [0.717, 1.165) is 25.1 Å². The van der Waals surface area contributed by atoms with Crippen LogP contribution in [0, 0.1) is 0 Å². The van der Waals surface area contributed by atoms with E-state index in [1.165, 1.54) is 11.3 Å². The molecule has 1 amide bonds. The lowest BCUT2D eigenvalue weighted by molar-refractivity contribution is -0.117. The number of nitrogens with one attached hydrogen (secondary N) is 2. The SMILES string of the molecule is O=C(Nc1nccs1)C1CCCN1c1nc(Cl)nc(N(c2ccn[nH]2)C2CC2)n1. The van der Waals surface area contributed by atoms with Crippen LogP contribution >= 0.6 is 22.9 Å². The molecule has 0 radical (unpaired) electrons. The van der Waals surface area contributed by atoms with Crippen molar-refractivity contribution in [3.63, 3.8) is 0 Å². The normalized spacial score (nSPS) is 18.8. The number of thiazole rings is 1. The predicted molar refractivity (Wildman–Crippen MR) is 110 cm³/mol. The summed E-state index contributed by atoms with van der Waals surface area (Å²) in [6.45, 7) is 0.670. The summed E-state index contributed by atoms with van der Waals surface area (Å²) in [6.07, 6.45) is 7.01. The zero-order valence-corrected chi connectivity index (χ0v) is 16.9. The van der Waals surface area contributed by atoms with E-state index in [1.54, 1.807) is 12.4 Å². The lowest BCUT2D eigenvalue weighted by Gasteiger charge is -2.25. The predicted octanol–water partition coefficient (Wildman–Crippen LogP) is 2.61. The van der Waals surface area contributed by atoms with Crippen molar-refractivity contribution < 1.29 is 4.79 Å². The molecule has 0 bridgehead atoms. The van der Waals surface area contributed by atoms with E-state index in [0.29, 0.717) is 36.0 Å². The van der Waals surface area contributed by atoms with Crippen molar-refractivity contribution in [2.75, 3.05) is 21.7 Å². The largest absolute Gasteiger partial charge is 0.329 e. The first kappa shape index (κ1) is 18.3. The standard InChI is InChI=1S/C17H18ClN9OS/c18-14-22-15(24-16(23-14)27(10-3-4-10)12-5-6-20-25-12)26-8-1-2-11(26)13(28)21-17-19-7-9-29-17/h5-7,9-11H,1-4,8H2,(H,20,25)(H,19,21,28). The van der Waals surface area contributed by atoms with E-state index in [1.807, 2.05) is 21.2 Å². The van der Waals surface area contributed by atoms with E-state index in [4.69, 9.17) is 11.6 Å². The maximum atomic E-state index is 12.8. The molecule has 2 N–H and O–H groups in total. The van der Waals surface area contributed by atoms with Crippen LogP contribution in [0.5, 0.6) is 0 Å². The summed E-state index contributed by atoms with van der Waals surface area (Å²) in [7, 11) is 0. The molecular formula is C17H18ClN9OS. The Morgan fingerprint density at radius 3 is 2.90 bits per heavy atom. The summed E-state index contributed by atoms with van der Waals surface area (Å²) in [5, 5.41) is 12.4. The van der Waals surface area contributed by atoms with Crippen molar-refractivity contribution in [2.24, 2.45) is 0 Å². The van der Waals surface area contributed by atoms with E-state index in [-0.39, 0.29) is 17.2 Å². The molecule has 0 aromatic carbocycles. The molecule has 150 valence electrons. The summed E-state index contributed by atoms with van der Waals surface area (Å²) < 4.78 is 0. The number of rotatable bonds is 6. The molecule has 2 fully saturated rings. The van der Waals surface area contributed by atoms with Crippen molar-refractivity contribution in [3.05, 3.63) is 29.1 Å². The highest BCUT2D eigenvalue weighted by molar-refractivity contribution is 7.13. The second-order valence-corrected chi connectivity index (χ2v) is 8.16. The second-order valence-electron chi connectivity index (χ2n) is 6.93. The Labute approximate surface area is 175 Å². The van der Waals surface area contributed by atoms with Gasteiger partial charge < -0.3 is 10.2 Å². The molecule has 1 unspecified atom stereocenters. The van der Waals surface area contributed by atoms with Crippen molar-refractivity contribution in [3.8, 4) is 0 Å². The second kappa shape index (κ2) is 7.56. The number of nitrogens with zero attached hydrogens (tertiary/aromatic N) is 7. The van der Waals surface area contributed by atoms with Gasteiger partial charge in [-0.3, -0.25) is 14.8 Å². The van der Waals surface area contributed by atoms with E-state index < -0.39 is 0 Å². The molecule has 3 aromatic heterocycles. The Kier molecular flexibility index (Phi) is 4.76. The molecule has 1 saturated carbocycles. The number of hydrogen-bond acceptors (Lipinski definition) is 9. The number of amides is 1. The monoisotopic (exact) mass is 431 g/mol. The Hall–Kier alpha value is -2.79. The van der Waals surface area contributed by atoms with Crippen molar-refractivity contribution in [1.82, 2.24) is 30.1 Å². The Morgan fingerprint density at radius 1 is 1.28 bits per heavy atom. The van der Waals surface area contributed by atoms with Crippen LogP contribution in [0.15, 0.2) is 23.8 Å². The lowest BCUT2D eigenvalue weighted by Crippen LogP contribution is -2.41. The molecular weight excluding hydrogens is 414 g/mol. The van der Waals surface area contributed by atoms with Crippen LogP contribution in [-0.4, -0.2) is 54.7 Å². The smallest absolute Gasteiger partial charge is 0.248 e. The van der Waals surface area contributed by atoms with Crippen molar-refractivity contribution in [2.45, 2.75) is 37.8 Å². The van der Waals surface area contributed by atoms with E-state index >= 15 is 0 Å². The Morgan fingerprint density at radius 2 is 2.17 bits per heavy atom. The molecule has 12 heteroatoms. The third-order valence-corrected chi connectivity index (χ3v) is 5.79. The molecule has 29 heavy (non-hydrogen) atoms. The molecule has 4 heterocycles. The van der Waals surface area contributed by atoms with Crippen LogP contribution in [0.2, 0.25) is 5.28 Å². The van der Waals surface area contributed by atoms with Gasteiger partial charge in [-0.25, -0.2) is 4.98 Å². The third-order valence-electron chi connectivity index (χ3n) is 4.93. The number of anilines is 4. The fraction of sp³-hybridized carbons (Fsp3) is 0.412. The number of aromatic nitrogens is 6. The molecule has 1 aliphatic carbocycles. The average Bonchev–Trinajstić information content (AvgIpc) is 3.14. The number of carbonyl (C=O) groups is 1. The number of halogens is 1. The van der Waals surface area contributed by atoms with Gasteiger partial charge in [-0.05, 0) is 37.3 Å². The molecule has 5 rings (SSSR count). The maximum absolute atomic E-state index is 12.8. The Balaban J connectivity index is 1.44. The lowest BCUT2D eigenvalue weighted by atomic mass is 10.2. The molecule has 1 atom stereocenters. The summed E-state index contributed by atoms with van der Waals surface area (Å²) in [5.41, 5.74) is 0. The highest BCUT2D eigenvalue weighted by Gasteiger charge is 2.36. The van der Waals surface area contributed by atoms with Gasteiger partial charge in [0.2, 0.25) is 23.1 Å². The van der Waals surface area contributed by atoms with Crippen molar-refractivity contribution in [1.29, 1.82) is 0 Å². The van der Waals surface area contributed by atoms with Gasteiger partial charge in [-0.2, -0.15) is 20.1 Å². The highest BCUT2D eigenvalue weighted by Crippen LogP contribution is 2.36. The summed E-state index contributed by atoms with van der Waals surface area (Å²) >= 11 is 7.64. The quantitative estimate of drug-likeness (QED) is 0.611. The minimum absolute atomic E-state index is 0.0983. The van der Waals surface area contributed by atoms with Gasteiger partial charge in [-0.15, -0.1) is 11.3 Å². The number of hydrogen-bond donors (Lipinski definition) is 2. The van der Waals surface area contributed by atoms with Gasteiger partial charge in [0.15, 0.2) is 5.13 Å². The van der Waals surface area contributed by atoms with E-state index in [9.17, 15) is 4.79 Å². The van der Waals surface area contributed by atoms with Crippen LogP contribution in [0.3, 0.4) is 0 Å². The number of H-pyrrole nitrogens is 1. The highest BCUT2D eigenvalue weighted by atomic mass is 35.5. The summed E-state index contributed by atoms with van der Waals surface area (Å²) in [6, 6.07) is 1.78. The van der Waals surface area contributed by atoms with Crippen LogP contribution in [0.25, 0.3) is 0 Å². The first-order valence-electron chi connectivity index (χ1n) is 9.36. The number of carbonyl (C=O) groups excluding carboxylic acids is 1. The maximum Gasteiger partial charge on any atom is 0.248 e. The first-order chi connectivity index (χ1) is 14.2. The van der Waals surface area contributed by atoms with E-state index in [2.05, 4.69) is 35.5 Å². The molecule has 1 saturated heterocycles. The molecule has 2 aliphatic rings. The topological polar surface area (TPSA) is 116 Å². The zero-order valence-electron chi connectivity index (χ0n) is 15.3.